The van der Waals surface area contributed by atoms with Crippen LogP contribution in [-0.4, -0.2) is 11.5 Å². The number of unbranched alkanes of at least 4 members (excludes halogenated alkanes) is 2. The summed E-state index contributed by atoms with van der Waals surface area (Å²) in [5.41, 5.74) is 2.09. The maximum Gasteiger partial charge on any atom is 0.269 e. The molecule has 0 amide bonds. The monoisotopic (exact) mass is 311 g/mol. The van der Waals surface area contributed by atoms with Gasteiger partial charge in [0, 0.05) is 12.1 Å². The third-order valence-corrected chi connectivity index (χ3v) is 3.47. The minimum absolute atomic E-state index is 0.103. The summed E-state index contributed by atoms with van der Waals surface area (Å²) in [5, 5.41) is 10.6. The van der Waals surface area contributed by atoms with Gasteiger partial charge in [-0.25, -0.2) is 0 Å². The van der Waals surface area contributed by atoms with E-state index in [4.69, 9.17) is 4.74 Å². The summed E-state index contributed by atoms with van der Waals surface area (Å²) in [7, 11) is 0. The van der Waals surface area contributed by atoms with Crippen molar-refractivity contribution in [3.8, 4) is 5.75 Å². The molecule has 0 aromatic heterocycles. The van der Waals surface area contributed by atoms with Crippen LogP contribution >= 0.6 is 0 Å². The summed E-state index contributed by atoms with van der Waals surface area (Å²) in [5.74, 6) is 0.883. The van der Waals surface area contributed by atoms with Crippen molar-refractivity contribution in [3.63, 3.8) is 0 Å². The van der Waals surface area contributed by atoms with Gasteiger partial charge in [-0.3, -0.25) is 10.1 Å². The molecule has 0 saturated heterocycles. The molecule has 0 fully saturated rings. The lowest BCUT2D eigenvalue weighted by atomic mass is 10.1. The van der Waals surface area contributed by atoms with Crippen LogP contribution in [0.1, 0.15) is 37.3 Å². The van der Waals surface area contributed by atoms with Crippen molar-refractivity contribution >= 4 is 17.8 Å². The van der Waals surface area contributed by atoms with Crippen molar-refractivity contribution in [2.24, 2.45) is 0 Å². The van der Waals surface area contributed by atoms with Crippen molar-refractivity contribution < 1.29 is 9.66 Å². The van der Waals surface area contributed by atoms with Gasteiger partial charge in [0.2, 0.25) is 0 Å². The SMILES string of the molecule is CCCCCOc1ccc(/C=C/c2ccc([N+](=O)[O-])cc2)cc1. The molecule has 2 aromatic rings. The summed E-state index contributed by atoms with van der Waals surface area (Å²) in [6.45, 7) is 2.93. The second-order valence-electron chi connectivity index (χ2n) is 5.31. The van der Waals surface area contributed by atoms with E-state index in [-0.39, 0.29) is 5.69 Å². The van der Waals surface area contributed by atoms with Gasteiger partial charge >= 0.3 is 0 Å². The average molecular weight is 311 g/mol. The molecule has 0 radical (unpaired) electrons. The van der Waals surface area contributed by atoms with E-state index in [0.29, 0.717) is 0 Å². The number of ether oxygens (including phenoxy) is 1. The minimum Gasteiger partial charge on any atom is -0.494 e. The molecule has 23 heavy (non-hydrogen) atoms. The predicted molar refractivity (Wildman–Crippen MR) is 93.5 cm³/mol. The number of nitro benzene ring substituents is 1. The molecule has 0 heterocycles. The maximum absolute atomic E-state index is 10.6. The Hall–Kier alpha value is -2.62. The molecular formula is C19H21NO3. The van der Waals surface area contributed by atoms with E-state index in [9.17, 15) is 10.1 Å². The third-order valence-electron chi connectivity index (χ3n) is 3.47. The molecule has 0 aliphatic heterocycles. The Bertz CT molecular complexity index is 645. The molecule has 0 bridgehead atoms. The number of hydrogen-bond donors (Lipinski definition) is 0. The van der Waals surface area contributed by atoms with Crippen molar-refractivity contribution in [3.05, 3.63) is 69.8 Å². The van der Waals surface area contributed by atoms with Gasteiger partial charge in [-0.15, -0.1) is 0 Å². The fraction of sp³-hybridized carbons (Fsp3) is 0.263. The molecule has 0 saturated carbocycles. The highest BCUT2D eigenvalue weighted by Gasteiger charge is 2.02. The van der Waals surface area contributed by atoms with Crippen LogP contribution in [0.25, 0.3) is 12.2 Å². The first-order valence-corrected chi connectivity index (χ1v) is 7.84. The van der Waals surface area contributed by atoms with Crippen LogP contribution in [0.5, 0.6) is 5.75 Å². The van der Waals surface area contributed by atoms with Crippen molar-refractivity contribution in [2.45, 2.75) is 26.2 Å². The first-order valence-electron chi connectivity index (χ1n) is 7.84. The lowest BCUT2D eigenvalue weighted by Crippen LogP contribution is -1.96. The summed E-state index contributed by atoms with van der Waals surface area (Å²) in [6.07, 6.45) is 7.37. The number of hydrogen-bond acceptors (Lipinski definition) is 3. The maximum atomic E-state index is 10.6. The number of nitrogens with zero attached hydrogens (tertiary/aromatic N) is 1. The lowest BCUT2D eigenvalue weighted by molar-refractivity contribution is -0.384. The van der Waals surface area contributed by atoms with E-state index in [1.54, 1.807) is 12.1 Å². The molecule has 4 nitrogen and oxygen atoms in total. The summed E-state index contributed by atoms with van der Waals surface area (Å²) in [6, 6.07) is 14.4. The molecular weight excluding hydrogens is 290 g/mol. The average Bonchev–Trinajstić information content (AvgIpc) is 2.58. The zero-order valence-corrected chi connectivity index (χ0v) is 13.3. The van der Waals surface area contributed by atoms with Crippen LogP contribution < -0.4 is 4.74 Å². The molecule has 0 spiro atoms. The van der Waals surface area contributed by atoms with Gasteiger partial charge in [-0.2, -0.15) is 0 Å². The quantitative estimate of drug-likeness (QED) is 0.286. The van der Waals surface area contributed by atoms with Gasteiger partial charge in [0.1, 0.15) is 5.75 Å². The van der Waals surface area contributed by atoms with Crippen LogP contribution in [0.2, 0.25) is 0 Å². The van der Waals surface area contributed by atoms with Gasteiger partial charge in [0.15, 0.2) is 0 Å². The Morgan fingerprint density at radius 1 is 0.957 bits per heavy atom. The smallest absolute Gasteiger partial charge is 0.269 e. The van der Waals surface area contributed by atoms with Gasteiger partial charge in [0.25, 0.3) is 5.69 Å². The molecule has 0 aliphatic rings. The second-order valence-corrected chi connectivity index (χ2v) is 5.31. The third kappa shape index (κ3) is 5.58. The highest BCUT2D eigenvalue weighted by molar-refractivity contribution is 5.70. The molecule has 0 N–H and O–H groups in total. The molecule has 2 aromatic carbocycles. The fourth-order valence-electron chi connectivity index (χ4n) is 2.12. The van der Waals surface area contributed by atoms with Crippen LogP contribution in [0.15, 0.2) is 48.5 Å². The van der Waals surface area contributed by atoms with Crippen molar-refractivity contribution in [2.75, 3.05) is 6.61 Å². The molecule has 2 rings (SSSR count). The van der Waals surface area contributed by atoms with E-state index >= 15 is 0 Å². The van der Waals surface area contributed by atoms with E-state index in [1.807, 2.05) is 36.4 Å². The van der Waals surface area contributed by atoms with E-state index in [0.717, 1.165) is 29.9 Å². The second kappa shape index (κ2) is 8.73. The Morgan fingerprint density at radius 3 is 2.04 bits per heavy atom. The zero-order chi connectivity index (χ0) is 16.5. The van der Waals surface area contributed by atoms with Gasteiger partial charge in [-0.1, -0.05) is 44.1 Å². The number of non-ortho nitro benzene ring substituents is 1. The topological polar surface area (TPSA) is 52.4 Å². The number of nitro groups is 1. The van der Waals surface area contributed by atoms with E-state index in [1.165, 1.54) is 25.0 Å². The summed E-state index contributed by atoms with van der Waals surface area (Å²) >= 11 is 0. The number of benzene rings is 2. The summed E-state index contributed by atoms with van der Waals surface area (Å²) < 4.78 is 5.67. The Balaban J connectivity index is 1.90. The molecule has 0 atom stereocenters. The summed E-state index contributed by atoms with van der Waals surface area (Å²) in [4.78, 5) is 10.2. The molecule has 120 valence electrons. The van der Waals surface area contributed by atoms with E-state index < -0.39 is 4.92 Å². The first-order chi connectivity index (χ1) is 11.2. The highest BCUT2D eigenvalue weighted by atomic mass is 16.6. The zero-order valence-electron chi connectivity index (χ0n) is 13.3. The molecule has 0 aliphatic carbocycles. The van der Waals surface area contributed by atoms with Gasteiger partial charge < -0.3 is 4.74 Å². The van der Waals surface area contributed by atoms with Crippen molar-refractivity contribution in [1.82, 2.24) is 0 Å². The minimum atomic E-state index is -0.396. The van der Waals surface area contributed by atoms with Gasteiger partial charge in [0.05, 0.1) is 11.5 Å². The van der Waals surface area contributed by atoms with Gasteiger partial charge in [-0.05, 0) is 41.8 Å². The highest BCUT2D eigenvalue weighted by Crippen LogP contribution is 2.17. The Labute approximate surface area is 136 Å². The van der Waals surface area contributed by atoms with Crippen molar-refractivity contribution in [1.29, 1.82) is 0 Å². The number of rotatable bonds is 8. The normalized spacial score (nSPS) is 10.8. The van der Waals surface area contributed by atoms with Crippen LogP contribution in [-0.2, 0) is 0 Å². The fourth-order valence-corrected chi connectivity index (χ4v) is 2.12. The Kier molecular flexibility index (Phi) is 6.36. The van der Waals surface area contributed by atoms with Crippen LogP contribution in [0.4, 0.5) is 5.69 Å². The standard InChI is InChI=1S/C19H21NO3/c1-2-3-4-15-23-19-13-9-17(10-14-19)6-5-16-7-11-18(12-8-16)20(21)22/h5-14H,2-4,15H2,1H3/b6-5+. The lowest BCUT2D eigenvalue weighted by Gasteiger charge is -2.05. The molecule has 4 heteroatoms. The predicted octanol–water partition coefficient (Wildman–Crippen LogP) is 5.33. The van der Waals surface area contributed by atoms with Crippen LogP contribution in [0.3, 0.4) is 0 Å². The van der Waals surface area contributed by atoms with E-state index in [2.05, 4.69) is 6.92 Å². The first kappa shape index (κ1) is 16.7. The van der Waals surface area contributed by atoms with Crippen LogP contribution in [0, 0.1) is 10.1 Å². The molecule has 0 unspecified atom stereocenters. The Morgan fingerprint density at radius 2 is 1.52 bits per heavy atom. The largest absolute Gasteiger partial charge is 0.494 e.